The van der Waals surface area contributed by atoms with Crippen molar-refractivity contribution in [2.75, 3.05) is 18.4 Å². The van der Waals surface area contributed by atoms with Crippen molar-refractivity contribution in [1.29, 1.82) is 0 Å². The van der Waals surface area contributed by atoms with Gasteiger partial charge < -0.3 is 15.2 Å². The first-order valence-corrected chi connectivity index (χ1v) is 10.0. The van der Waals surface area contributed by atoms with Crippen LogP contribution >= 0.6 is 0 Å². The van der Waals surface area contributed by atoms with Gasteiger partial charge in [0.15, 0.2) is 0 Å². The van der Waals surface area contributed by atoms with Crippen molar-refractivity contribution in [2.45, 2.75) is 38.1 Å². The van der Waals surface area contributed by atoms with Gasteiger partial charge in [0.25, 0.3) is 5.91 Å². The lowest BCUT2D eigenvalue weighted by Crippen LogP contribution is -2.31. The predicted octanol–water partition coefficient (Wildman–Crippen LogP) is 4.37. The van der Waals surface area contributed by atoms with Gasteiger partial charge in [-0.15, -0.1) is 0 Å². The SMILES string of the molecule is O=C(c1ccc2[nH]c3c(c2c1)CCCC3)N1CCC(Nc2ccccc2)C1. The Labute approximate surface area is 159 Å². The van der Waals surface area contributed by atoms with E-state index in [4.69, 9.17) is 0 Å². The Kier molecular flexibility index (Phi) is 4.12. The predicted molar refractivity (Wildman–Crippen MR) is 109 cm³/mol. The third-order valence-electron chi connectivity index (χ3n) is 5.97. The van der Waals surface area contributed by atoms with E-state index in [2.05, 4.69) is 34.6 Å². The number of likely N-dealkylation sites (tertiary alicyclic amines) is 1. The van der Waals surface area contributed by atoms with E-state index in [-0.39, 0.29) is 5.91 Å². The van der Waals surface area contributed by atoms with Gasteiger partial charge in [0.2, 0.25) is 0 Å². The van der Waals surface area contributed by atoms with Crippen molar-refractivity contribution < 1.29 is 4.79 Å². The highest BCUT2D eigenvalue weighted by Crippen LogP contribution is 2.30. The Morgan fingerprint density at radius 1 is 1.07 bits per heavy atom. The molecule has 1 unspecified atom stereocenters. The van der Waals surface area contributed by atoms with Gasteiger partial charge in [-0.25, -0.2) is 0 Å². The highest BCUT2D eigenvalue weighted by molar-refractivity contribution is 5.99. The number of aromatic amines is 1. The van der Waals surface area contributed by atoms with Crippen molar-refractivity contribution >= 4 is 22.5 Å². The molecule has 3 aromatic rings. The lowest BCUT2D eigenvalue weighted by molar-refractivity contribution is 0.0792. The Balaban J connectivity index is 1.33. The lowest BCUT2D eigenvalue weighted by atomic mass is 9.95. The Hall–Kier alpha value is -2.75. The minimum Gasteiger partial charge on any atom is -0.380 e. The van der Waals surface area contributed by atoms with Gasteiger partial charge in [0, 0.05) is 47.0 Å². The number of benzene rings is 2. The molecule has 0 radical (unpaired) electrons. The summed E-state index contributed by atoms with van der Waals surface area (Å²) in [6.45, 7) is 1.57. The first kappa shape index (κ1) is 16.4. The molecule has 5 rings (SSSR count). The third-order valence-corrected chi connectivity index (χ3v) is 5.97. The number of fused-ring (bicyclic) bond motifs is 3. The molecule has 2 aromatic carbocycles. The molecule has 1 amide bonds. The number of aromatic nitrogens is 1. The molecule has 0 bridgehead atoms. The number of H-pyrrole nitrogens is 1. The quantitative estimate of drug-likeness (QED) is 0.729. The third kappa shape index (κ3) is 3.09. The highest BCUT2D eigenvalue weighted by Gasteiger charge is 2.27. The fourth-order valence-electron chi connectivity index (χ4n) is 4.55. The molecule has 27 heavy (non-hydrogen) atoms. The largest absolute Gasteiger partial charge is 0.380 e. The van der Waals surface area contributed by atoms with Crippen LogP contribution in [0, 0.1) is 0 Å². The van der Waals surface area contributed by atoms with E-state index in [1.807, 2.05) is 29.2 Å². The number of hydrogen-bond donors (Lipinski definition) is 2. The van der Waals surface area contributed by atoms with E-state index >= 15 is 0 Å². The highest BCUT2D eigenvalue weighted by atomic mass is 16.2. The molecule has 4 nitrogen and oxygen atoms in total. The van der Waals surface area contributed by atoms with Gasteiger partial charge >= 0.3 is 0 Å². The number of carbonyl (C=O) groups is 1. The Bertz CT molecular complexity index is 976. The number of aryl methyl sites for hydroxylation is 2. The molecule has 0 spiro atoms. The summed E-state index contributed by atoms with van der Waals surface area (Å²) in [5.41, 5.74) is 5.90. The van der Waals surface area contributed by atoms with E-state index in [9.17, 15) is 4.79 Å². The summed E-state index contributed by atoms with van der Waals surface area (Å²) in [6, 6.07) is 16.7. The summed E-state index contributed by atoms with van der Waals surface area (Å²) in [4.78, 5) is 18.6. The molecule has 0 saturated carbocycles. The van der Waals surface area contributed by atoms with Crippen molar-refractivity contribution in [2.24, 2.45) is 0 Å². The summed E-state index contributed by atoms with van der Waals surface area (Å²) in [5.74, 6) is 0.153. The van der Waals surface area contributed by atoms with Crippen LogP contribution < -0.4 is 5.32 Å². The van der Waals surface area contributed by atoms with Gasteiger partial charge in [-0.1, -0.05) is 18.2 Å². The normalized spacial score (nSPS) is 19.3. The number of hydrogen-bond acceptors (Lipinski definition) is 2. The monoisotopic (exact) mass is 359 g/mol. The number of rotatable bonds is 3. The molecule has 1 aliphatic carbocycles. The van der Waals surface area contributed by atoms with Gasteiger partial charge in [-0.05, 0) is 68.0 Å². The molecule has 2 N–H and O–H groups in total. The van der Waals surface area contributed by atoms with Crippen molar-refractivity contribution in [3.05, 3.63) is 65.4 Å². The van der Waals surface area contributed by atoms with Crippen LogP contribution in [0.2, 0.25) is 0 Å². The average molecular weight is 359 g/mol. The van der Waals surface area contributed by atoms with Crippen LogP contribution in [0.15, 0.2) is 48.5 Å². The Morgan fingerprint density at radius 3 is 2.81 bits per heavy atom. The van der Waals surface area contributed by atoms with Crippen LogP contribution in [0.3, 0.4) is 0 Å². The fourth-order valence-corrected chi connectivity index (χ4v) is 4.55. The topological polar surface area (TPSA) is 48.1 Å². The van der Waals surface area contributed by atoms with Crippen molar-refractivity contribution in [3.63, 3.8) is 0 Å². The number of carbonyl (C=O) groups excluding carboxylic acids is 1. The summed E-state index contributed by atoms with van der Waals surface area (Å²) in [7, 11) is 0. The van der Waals surface area contributed by atoms with E-state index in [1.54, 1.807) is 0 Å². The van der Waals surface area contributed by atoms with Gasteiger partial charge in [0.1, 0.15) is 0 Å². The molecular formula is C23H25N3O. The Morgan fingerprint density at radius 2 is 1.93 bits per heavy atom. The zero-order valence-corrected chi connectivity index (χ0v) is 15.5. The first-order chi connectivity index (χ1) is 13.3. The smallest absolute Gasteiger partial charge is 0.253 e. The number of nitrogens with one attached hydrogen (secondary N) is 2. The fraction of sp³-hybridized carbons (Fsp3) is 0.348. The van der Waals surface area contributed by atoms with Gasteiger partial charge in [-0.3, -0.25) is 4.79 Å². The number of nitrogens with zero attached hydrogens (tertiary/aromatic N) is 1. The number of anilines is 1. The summed E-state index contributed by atoms with van der Waals surface area (Å²) < 4.78 is 0. The summed E-state index contributed by atoms with van der Waals surface area (Å²) in [6.07, 6.45) is 5.75. The van der Waals surface area contributed by atoms with Crippen LogP contribution in [0.25, 0.3) is 10.9 Å². The molecule has 1 aromatic heterocycles. The number of amides is 1. The minimum atomic E-state index is 0.153. The zero-order valence-electron chi connectivity index (χ0n) is 15.5. The minimum absolute atomic E-state index is 0.153. The molecule has 2 heterocycles. The molecule has 4 heteroatoms. The van der Waals surface area contributed by atoms with Crippen LogP contribution in [0.4, 0.5) is 5.69 Å². The van der Waals surface area contributed by atoms with Crippen LogP contribution in [-0.4, -0.2) is 34.9 Å². The molecule has 1 fully saturated rings. The first-order valence-electron chi connectivity index (χ1n) is 10.0. The second-order valence-electron chi connectivity index (χ2n) is 7.80. The lowest BCUT2D eigenvalue weighted by Gasteiger charge is -2.18. The van der Waals surface area contributed by atoms with E-state index in [0.29, 0.717) is 6.04 Å². The summed E-state index contributed by atoms with van der Waals surface area (Å²) in [5, 5.41) is 4.79. The van der Waals surface area contributed by atoms with E-state index in [1.165, 1.54) is 35.0 Å². The molecule has 1 aliphatic heterocycles. The zero-order chi connectivity index (χ0) is 18.2. The molecule has 1 saturated heterocycles. The van der Waals surface area contributed by atoms with Crippen LogP contribution in [-0.2, 0) is 12.8 Å². The van der Waals surface area contributed by atoms with Crippen molar-refractivity contribution in [1.82, 2.24) is 9.88 Å². The maximum atomic E-state index is 13.1. The van der Waals surface area contributed by atoms with Crippen molar-refractivity contribution in [3.8, 4) is 0 Å². The van der Waals surface area contributed by atoms with E-state index in [0.717, 1.165) is 43.6 Å². The average Bonchev–Trinajstić information content (AvgIpc) is 3.32. The molecule has 2 aliphatic rings. The second kappa shape index (κ2) is 6.76. The summed E-state index contributed by atoms with van der Waals surface area (Å²) >= 11 is 0. The van der Waals surface area contributed by atoms with Gasteiger partial charge in [0.05, 0.1) is 0 Å². The molecule has 1 atom stereocenters. The van der Waals surface area contributed by atoms with Crippen LogP contribution in [0.1, 0.15) is 40.9 Å². The second-order valence-corrected chi connectivity index (χ2v) is 7.80. The van der Waals surface area contributed by atoms with E-state index < -0.39 is 0 Å². The maximum absolute atomic E-state index is 13.1. The van der Waals surface area contributed by atoms with Gasteiger partial charge in [-0.2, -0.15) is 0 Å². The standard InChI is InChI=1S/C23H25N3O/c27-23(26-13-12-18(15-26)24-17-6-2-1-3-7-17)16-10-11-22-20(14-16)19-8-4-5-9-21(19)25-22/h1-3,6-7,10-11,14,18,24-25H,4-5,8-9,12-13,15H2. The molecular weight excluding hydrogens is 334 g/mol. The number of para-hydroxylation sites is 1. The maximum Gasteiger partial charge on any atom is 0.253 e. The van der Waals surface area contributed by atoms with Crippen LogP contribution in [0.5, 0.6) is 0 Å². The molecule has 138 valence electrons.